The van der Waals surface area contributed by atoms with E-state index in [2.05, 4.69) is 20.8 Å². The van der Waals surface area contributed by atoms with Crippen molar-refractivity contribution in [2.45, 2.75) is 81.6 Å². The van der Waals surface area contributed by atoms with Gasteiger partial charge in [-0.2, -0.15) is 4.57 Å². The molecular formula is C29H36BrN7O7S2. The van der Waals surface area contributed by atoms with Crippen LogP contribution in [0, 0.1) is 0 Å². The summed E-state index contributed by atoms with van der Waals surface area (Å²) in [7, 11) is 0. The molecule has 248 valence electrons. The van der Waals surface area contributed by atoms with Crippen molar-refractivity contribution in [2.24, 2.45) is 5.16 Å². The Bertz CT molecular complexity index is 1530. The monoisotopic (exact) mass is 737 g/mol. The van der Waals surface area contributed by atoms with Gasteiger partial charge in [-0.05, 0) is 46.5 Å². The Morgan fingerprint density at radius 2 is 1.96 bits per heavy atom. The molecule has 3 aliphatic rings. The van der Waals surface area contributed by atoms with Gasteiger partial charge in [0.25, 0.3) is 17.7 Å². The van der Waals surface area contributed by atoms with Gasteiger partial charge in [0.1, 0.15) is 36.2 Å². The third-order valence-corrected chi connectivity index (χ3v) is 8.97. The van der Waals surface area contributed by atoms with Crippen LogP contribution in [0.2, 0.25) is 0 Å². The molecule has 2 atom stereocenters. The van der Waals surface area contributed by atoms with Crippen LogP contribution in [-0.4, -0.2) is 80.5 Å². The second-order valence-corrected chi connectivity index (χ2v) is 13.9. The van der Waals surface area contributed by atoms with Crippen molar-refractivity contribution in [1.82, 2.24) is 20.5 Å². The van der Waals surface area contributed by atoms with Gasteiger partial charge in [-0.1, -0.05) is 5.16 Å². The van der Waals surface area contributed by atoms with Gasteiger partial charge in [0.05, 0.1) is 5.75 Å². The highest BCUT2D eigenvalue weighted by atomic mass is 79.9. The molecule has 46 heavy (non-hydrogen) atoms. The van der Waals surface area contributed by atoms with Crippen molar-refractivity contribution in [3.63, 3.8) is 0 Å². The van der Waals surface area contributed by atoms with Gasteiger partial charge in [-0.15, -0.1) is 23.1 Å². The highest BCUT2D eigenvalue weighted by Crippen LogP contribution is 2.35. The number of aromatic nitrogens is 2. The van der Waals surface area contributed by atoms with Crippen molar-refractivity contribution in [3.05, 3.63) is 47.1 Å². The lowest BCUT2D eigenvalue weighted by Crippen LogP contribution is -3.00. The second kappa shape index (κ2) is 14.8. The van der Waals surface area contributed by atoms with Crippen LogP contribution in [0.25, 0.3) is 0 Å². The summed E-state index contributed by atoms with van der Waals surface area (Å²) in [6.07, 6.45) is 7.12. The third-order valence-electron chi connectivity index (χ3n) is 7.29. The zero-order chi connectivity index (χ0) is 32.3. The van der Waals surface area contributed by atoms with E-state index in [1.807, 2.05) is 32.9 Å². The Balaban J connectivity index is 0.00000480. The number of nitrogens with one attached hydrogen (secondary N) is 2. The molecule has 0 aromatic carbocycles. The Morgan fingerprint density at radius 3 is 2.57 bits per heavy atom. The van der Waals surface area contributed by atoms with Crippen molar-refractivity contribution >= 4 is 57.6 Å². The Morgan fingerprint density at radius 1 is 1.26 bits per heavy atom. The van der Waals surface area contributed by atoms with Gasteiger partial charge in [0.2, 0.25) is 6.54 Å². The average molecular weight is 739 g/mol. The van der Waals surface area contributed by atoms with E-state index in [0.29, 0.717) is 0 Å². The van der Waals surface area contributed by atoms with Crippen LogP contribution in [0.3, 0.4) is 0 Å². The molecule has 0 spiro atoms. The van der Waals surface area contributed by atoms with Gasteiger partial charge in [-0.3, -0.25) is 19.3 Å². The van der Waals surface area contributed by atoms with Crippen LogP contribution in [0.4, 0.5) is 5.13 Å². The Hall–Kier alpha value is -3.70. The molecular weight excluding hydrogens is 702 g/mol. The minimum Gasteiger partial charge on any atom is -1.00 e. The van der Waals surface area contributed by atoms with Gasteiger partial charge in [0.15, 0.2) is 28.9 Å². The fourth-order valence-electron chi connectivity index (χ4n) is 5.22. The number of thiazole rings is 1. The van der Waals surface area contributed by atoms with E-state index in [4.69, 9.17) is 15.3 Å². The minimum absolute atomic E-state index is 0. The number of rotatable bonds is 11. The standard InChI is InChI=1S/C29H35N7O7S2.BrH/c1-29(2,3)33-21(37)12-35-10-8-17(9-11-35)44-15-20-24(27(40)41)36-19(13-42-20)23(26(36)39)32-25(38)22(18-14-45-28(30)31-18)34-43-16-6-4-5-7-16;/h8-11,14,16,19,23H,4-7,12-13,15H2,1-3H3,(H4-,30,31,32,33,37,38,40,41);1H/b34-22-;/t19-,23+;/m1./s1. The number of pyridine rings is 1. The Kier molecular flexibility index (Phi) is 11.3. The second-order valence-electron chi connectivity index (χ2n) is 11.9. The molecule has 1 aliphatic carbocycles. The third kappa shape index (κ3) is 8.36. The number of carbonyl (C=O) groups excluding carboxylic acids is 3. The number of thioether (sulfide) groups is 1. The number of carboxylic acid groups (broad SMARTS) is 1. The summed E-state index contributed by atoms with van der Waals surface area (Å²) in [4.78, 5) is 62.7. The first-order valence-electron chi connectivity index (χ1n) is 14.5. The van der Waals surface area contributed by atoms with Gasteiger partial charge >= 0.3 is 5.97 Å². The number of fused-ring (bicyclic) bond motifs is 1. The smallest absolute Gasteiger partial charge is 0.356 e. The molecule has 14 nitrogen and oxygen atoms in total. The SMILES string of the molecule is CC(C)(C)NC(=O)C[n+]1ccc(SCC2=C(C(=O)O)N3C(=O)[C@@H](NC(=O)/C(=N\OC4CCCC4)c4csc(N)n4)[C@H]3CO2)cc1.[Br-]. The first-order chi connectivity index (χ1) is 21.4. The van der Waals surface area contributed by atoms with E-state index in [-0.39, 0.29) is 81.4 Å². The van der Waals surface area contributed by atoms with Crippen LogP contribution < -0.4 is 37.9 Å². The number of halogens is 1. The molecule has 17 heteroatoms. The molecule has 2 aliphatic heterocycles. The van der Waals surface area contributed by atoms with Crippen LogP contribution in [0.15, 0.2) is 51.4 Å². The topological polar surface area (TPSA) is 189 Å². The highest BCUT2D eigenvalue weighted by Gasteiger charge is 2.55. The van der Waals surface area contributed by atoms with E-state index in [1.165, 1.54) is 11.8 Å². The fraction of sp³-hybridized carbons (Fsp3) is 0.483. The summed E-state index contributed by atoms with van der Waals surface area (Å²) in [5.74, 6) is -2.38. The number of hydrogen-bond donors (Lipinski definition) is 4. The summed E-state index contributed by atoms with van der Waals surface area (Å²) < 4.78 is 7.58. The molecule has 3 amide bonds. The number of carboxylic acids is 1. The molecule has 5 N–H and O–H groups in total. The van der Waals surface area contributed by atoms with Crippen molar-refractivity contribution < 1.29 is 55.4 Å². The lowest BCUT2D eigenvalue weighted by atomic mass is 9.92. The summed E-state index contributed by atoms with van der Waals surface area (Å²) in [5, 5.41) is 21.5. The normalized spacial score (nSPS) is 19.8. The minimum atomic E-state index is -1.31. The first-order valence-corrected chi connectivity index (χ1v) is 16.4. The average Bonchev–Trinajstić information content (AvgIpc) is 3.66. The molecule has 2 aromatic rings. The summed E-state index contributed by atoms with van der Waals surface area (Å²) in [6.45, 7) is 5.89. The number of amides is 3. The van der Waals surface area contributed by atoms with E-state index < -0.39 is 29.9 Å². The number of anilines is 1. The quantitative estimate of drug-likeness (QED) is 0.0688. The van der Waals surface area contributed by atoms with Gasteiger partial charge in [0, 0.05) is 27.9 Å². The predicted molar refractivity (Wildman–Crippen MR) is 165 cm³/mol. The number of nitrogens with two attached hydrogens (primary N) is 1. The fourth-order valence-corrected chi connectivity index (χ4v) is 6.60. The van der Waals surface area contributed by atoms with E-state index in [0.717, 1.165) is 46.8 Å². The number of nitrogens with zero attached hydrogens (tertiary/aromatic N) is 4. The number of hydrogen-bond acceptors (Lipinski definition) is 11. The summed E-state index contributed by atoms with van der Waals surface area (Å²) >= 11 is 2.47. The van der Waals surface area contributed by atoms with Crippen molar-refractivity contribution in [3.8, 4) is 0 Å². The molecule has 1 saturated carbocycles. The number of nitrogen functional groups attached to an aromatic ring is 1. The zero-order valence-electron chi connectivity index (χ0n) is 25.5. The summed E-state index contributed by atoms with van der Waals surface area (Å²) in [6, 6.07) is 1.89. The number of oxime groups is 1. The number of aliphatic carboxylic acids is 1. The van der Waals surface area contributed by atoms with Crippen LogP contribution in [0.5, 0.6) is 0 Å². The number of β-lactam (4-membered cyclic amide) rings is 1. The zero-order valence-corrected chi connectivity index (χ0v) is 28.7. The summed E-state index contributed by atoms with van der Waals surface area (Å²) in [5.41, 5.74) is 5.29. The van der Waals surface area contributed by atoms with Crippen LogP contribution >= 0.6 is 23.1 Å². The molecule has 2 aromatic heterocycles. The maximum absolute atomic E-state index is 13.3. The van der Waals surface area contributed by atoms with E-state index >= 15 is 0 Å². The molecule has 1 saturated heterocycles. The number of carbonyl (C=O) groups is 4. The predicted octanol–water partition coefficient (Wildman–Crippen LogP) is -1.59. The van der Waals surface area contributed by atoms with Crippen LogP contribution in [0.1, 0.15) is 52.1 Å². The molecule has 4 heterocycles. The maximum Gasteiger partial charge on any atom is 0.356 e. The lowest BCUT2D eigenvalue weighted by molar-refractivity contribution is -0.684. The molecule has 0 radical (unpaired) electrons. The van der Waals surface area contributed by atoms with Crippen molar-refractivity contribution in [2.75, 3.05) is 18.1 Å². The van der Waals surface area contributed by atoms with Gasteiger partial charge < -0.3 is 48.0 Å². The molecule has 2 fully saturated rings. The highest BCUT2D eigenvalue weighted by molar-refractivity contribution is 7.99. The maximum atomic E-state index is 13.3. The lowest BCUT2D eigenvalue weighted by Gasteiger charge is -2.49. The number of ether oxygens (including phenoxy) is 1. The first kappa shape index (κ1) is 35.2. The molecule has 0 bridgehead atoms. The van der Waals surface area contributed by atoms with Crippen LogP contribution in [-0.2, 0) is 35.3 Å². The van der Waals surface area contributed by atoms with Gasteiger partial charge in [-0.25, -0.2) is 9.78 Å². The largest absolute Gasteiger partial charge is 1.00 e. The van der Waals surface area contributed by atoms with E-state index in [9.17, 15) is 24.3 Å². The molecule has 5 rings (SSSR count). The molecule has 0 unspecified atom stereocenters. The van der Waals surface area contributed by atoms with Crippen molar-refractivity contribution in [1.29, 1.82) is 0 Å². The Labute approximate surface area is 284 Å². The van der Waals surface area contributed by atoms with E-state index in [1.54, 1.807) is 22.3 Å².